The Kier molecular flexibility index (Phi) is 3.01. The number of benzene rings is 1. The first-order chi connectivity index (χ1) is 6.29. The van der Waals surface area contributed by atoms with Crippen molar-refractivity contribution in [3.8, 4) is 0 Å². The van der Waals surface area contributed by atoms with Crippen LogP contribution in [-0.4, -0.2) is 10.3 Å². The quantitative estimate of drug-likeness (QED) is 0.622. The standard InChI is InChI=1S/C8H8N2O.C2H6/c1-5-3-4-6(2)8-7(5)9-11-10-8;1-2/h3-4H,1-2H3;1-2H3. The van der Waals surface area contributed by atoms with Gasteiger partial charge in [0, 0.05) is 0 Å². The molecule has 0 aliphatic rings. The molecule has 3 nitrogen and oxygen atoms in total. The van der Waals surface area contributed by atoms with Gasteiger partial charge in [0.05, 0.1) is 0 Å². The lowest BCUT2D eigenvalue weighted by Gasteiger charge is -1.93. The van der Waals surface area contributed by atoms with Gasteiger partial charge in [-0.1, -0.05) is 26.0 Å². The summed E-state index contributed by atoms with van der Waals surface area (Å²) in [4.78, 5) is 0. The lowest BCUT2D eigenvalue weighted by atomic mass is 10.1. The third kappa shape index (κ3) is 1.69. The van der Waals surface area contributed by atoms with Crippen LogP contribution < -0.4 is 0 Å². The predicted molar refractivity (Wildman–Crippen MR) is 52.6 cm³/mol. The second kappa shape index (κ2) is 4.03. The van der Waals surface area contributed by atoms with Crippen molar-refractivity contribution in [1.82, 2.24) is 10.3 Å². The molecule has 0 radical (unpaired) electrons. The largest absolute Gasteiger partial charge is 0.243 e. The number of hydrogen-bond acceptors (Lipinski definition) is 3. The minimum absolute atomic E-state index is 0.866. The van der Waals surface area contributed by atoms with E-state index in [9.17, 15) is 0 Å². The average Bonchev–Trinajstić information content (AvgIpc) is 2.64. The highest BCUT2D eigenvalue weighted by atomic mass is 16.6. The zero-order valence-electron chi connectivity index (χ0n) is 8.46. The van der Waals surface area contributed by atoms with Gasteiger partial charge < -0.3 is 0 Å². The highest BCUT2D eigenvalue weighted by molar-refractivity contribution is 5.79. The first kappa shape index (κ1) is 9.71. The Morgan fingerprint density at radius 2 is 1.31 bits per heavy atom. The molecule has 0 saturated heterocycles. The van der Waals surface area contributed by atoms with E-state index in [-0.39, 0.29) is 0 Å². The molecule has 0 amide bonds. The van der Waals surface area contributed by atoms with Crippen LogP contribution in [0, 0.1) is 13.8 Å². The van der Waals surface area contributed by atoms with E-state index in [0.29, 0.717) is 0 Å². The van der Waals surface area contributed by atoms with Gasteiger partial charge in [-0.2, -0.15) is 0 Å². The molecule has 0 fully saturated rings. The van der Waals surface area contributed by atoms with Crippen molar-refractivity contribution in [2.45, 2.75) is 27.7 Å². The third-order valence-corrected chi connectivity index (χ3v) is 1.82. The first-order valence-electron chi connectivity index (χ1n) is 4.47. The fourth-order valence-corrected chi connectivity index (χ4v) is 1.11. The van der Waals surface area contributed by atoms with E-state index in [1.165, 1.54) is 0 Å². The topological polar surface area (TPSA) is 38.9 Å². The van der Waals surface area contributed by atoms with Crippen LogP contribution in [0.25, 0.3) is 11.0 Å². The van der Waals surface area contributed by atoms with Gasteiger partial charge in [0.25, 0.3) is 0 Å². The van der Waals surface area contributed by atoms with Crippen molar-refractivity contribution in [2.75, 3.05) is 0 Å². The Morgan fingerprint density at radius 1 is 0.923 bits per heavy atom. The summed E-state index contributed by atoms with van der Waals surface area (Å²) in [6.07, 6.45) is 0. The van der Waals surface area contributed by atoms with Gasteiger partial charge in [0.15, 0.2) is 0 Å². The molecule has 0 spiro atoms. The highest BCUT2D eigenvalue weighted by Gasteiger charge is 2.04. The fourth-order valence-electron chi connectivity index (χ4n) is 1.11. The Labute approximate surface area is 77.7 Å². The molecular formula is C10H14N2O. The van der Waals surface area contributed by atoms with E-state index in [4.69, 9.17) is 0 Å². The molecular weight excluding hydrogens is 164 g/mol. The van der Waals surface area contributed by atoms with Crippen LogP contribution in [-0.2, 0) is 0 Å². The molecule has 1 aromatic carbocycles. The smallest absolute Gasteiger partial charge is 0.138 e. The summed E-state index contributed by atoms with van der Waals surface area (Å²) in [6.45, 7) is 7.98. The van der Waals surface area contributed by atoms with Gasteiger partial charge in [0.2, 0.25) is 0 Å². The van der Waals surface area contributed by atoms with Gasteiger partial charge in [-0.25, -0.2) is 4.63 Å². The van der Waals surface area contributed by atoms with Gasteiger partial charge in [-0.3, -0.25) is 0 Å². The minimum atomic E-state index is 0.866. The van der Waals surface area contributed by atoms with Gasteiger partial charge in [-0.05, 0) is 35.3 Å². The van der Waals surface area contributed by atoms with Crippen LogP contribution in [0.4, 0.5) is 0 Å². The molecule has 0 N–H and O–H groups in total. The van der Waals surface area contributed by atoms with Crippen molar-refractivity contribution < 1.29 is 4.63 Å². The summed E-state index contributed by atoms with van der Waals surface area (Å²) in [5.74, 6) is 0. The summed E-state index contributed by atoms with van der Waals surface area (Å²) in [5, 5.41) is 7.59. The first-order valence-corrected chi connectivity index (χ1v) is 4.47. The van der Waals surface area contributed by atoms with E-state index in [1.807, 2.05) is 39.8 Å². The van der Waals surface area contributed by atoms with Crippen LogP contribution in [0.2, 0.25) is 0 Å². The summed E-state index contributed by atoms with van der Waals surface area (Å²) in [5.41, 5.74) is 3.94. The van der Waals surface area contributed by atoms with Crippen molar-refractivity contribution in [3.05, 3.63) is 23.3 Å². The summed E-state index contributed by atoms with van der Waals surface area (Å²) >= 11 is 0. The zero-order chi connectivity index (χ0) is 9.84. The number of rotatable bonds is 0. The molecule has 70 valence electrons. The highest BCUT2D eigenvalue weighted by Crippen LogP contribution is 2.17. The minimum Gasteiger partial charge on any atom is -0.243 e. The lowest BCUT2D eigenvalue weighted by molar-refractivity contribution is 0.315. The fraction of sp³-hybridized carbons (Fsp3) is 0.400. The monoisotopic (exact) mass is 178 g/mol. The van der Waals surface area contributed by atoms with Crippen LogP contribution >= 0.6 is 0 Å². The second-order valence-electron chi connectivity index (χ2n) is 2.66. The summed E-state index contributed by atoms with van der Waals surface area (Å²) < 4.78 is 4.63. The molecule has 3 heteroatoms. The maximum absolute atomic E-state index is 4.63. The van der Waals surface area contributed by atoms with E-state index in [0.717, 1.165) is 22.2 Å². The van der Waals surface area contributed by atoms with Crippen LogP contribution in [0.15, 0.2) is 16.8 Å². The molecule has 13 heavy (non-hydrogen) atoms. The van der Waals surface area contributed by atoms with Gasteiger partial charge >= 0.3 is 0 Å². The number of fused-ring (bicyclic) bond motifs is 1. The Hall–Kier alpha value is -1.38. The van der Waals surface area contributed by atoms with Crippen LogP contribution in [0.5, 0.6) is 0 Å². The van der Waals surface area contributed by atoms with E-state index >= 15 is 0 Å². The Balaban J connectivity index is 0.000000396. The number of nitrogens with zero attached hydrogens (tertiary/aromatic N) is 2. The number of aromatic nitrogens is 2. The zero-order valence-corrected chi connectivity index (χ0v) is 8.46. The molecule has 0 unspecified atom stereocenters. The lowest BCUT2D eigenvalue weighted by Crippen LogP contribution is -1.79. The Morgan fingerprint density at radius 3 is 1.69 bits per heavy atom. The molecule has 1 aromatic heterocycles. The molecule has 0 bridgehead atoms. The molecule has 1 heterocycles. The molecule has 0 atom stereocenters. The molecule has 2 rings (SSSR count). The number of hydrogen-bond donors (Lipinski definition) is 0. The molecule has 2 aromatic rings. The SMILES string of the molecule is CC.Cc1ccc(C)c2nonc12. The second-order valence-corrected chi connectivity index (χ2v) is 2.66. The predicted octanol–water partition coefficient (Wildman–Crippen LogP) is 2.87. The number of aryl methyl sites for hydroxylation is 2. The Bertz CT molecular complexity index is 357. The molecule has 0 saturated carbocycles. The van der Waals surface area contributed by atoms with E-state index in [2.05, 4.69) is 14.9 Å². The maximum atomic E-state index is 4.63. The molecule has 0 aliphatic carbocycles. The van der Waals surface area contributed by atoms with Crippen molar-refractivity contribution in [1.29, 1.82) is 0 Å². The van der Waals surface area contributed by atoms with Gasteiger partial charge in [-0.15, -0.1) is 0 Å². The van der Waals surface area contributed by atoms with Crippen LogP contribution in [0.1, 0.15) is 25.0 Å². The van der Waals surface area contributed by atoms with E-state index < -0.39 is 0 Å². The summed E-state index contributed by atoms with van der Waals surface area (Å²) in [6, 6.07) is 4.03. The van der Waals surface area contributed by atoms with Crippen molar-refractivity contribution in [3.63, 3.8) is 0 Å². The molecule has 0 aliphatic heterocycles. The van der Waals surface area contributed by atoms with Crippen molar-refractivity contribution in [2.24, 2.45) is 0 Å². The van der Waals surface area contributed by atoms with Crippen molar-refractivity contribution >= 4 is 11.0 Å². The average molecular weight is 178 g/mol. The maximum Gasteiger partial charge on any atom is 0.138 e. The summed E-state index contributed by atoms with van der Waals surface area (Å²) in [7, 11) is 0. The third-order valence-electron chi connectivity index (χ3n) is 1.82. The normalized spacial score (nSPS) is 9.54. The van der Waals surface area contributed by atoms with E-state index in [1.54, 1.807) is 0 Å². The van der Waals surface area contributed by atoms with Crippen LogP contribution in [0.3, 0.4) is 0 Å². The van der Waals surface area contributed by atoms with Gasteiger partial charge in [0.1, 0.15) is 11.0 Å².